The van der Waals surface area contributed by atoms with Gasteiger partial charge in [-0.15, -0.1) is 5.10 Å². The summed E-state index contributed by atoms with van der Waals surface area (Å²) in [4.78, 5) is 15.8. The smallest absolute Gasteiger partial charge is 0.243 e. The third kappa shape index (κ3) is 3.45. The summed E-state index contributed by atoms with van der Waals surface area (Å²) in [7, 11) is -3.57. The molecule has 30 heavy (non-hydrogen) atoms. The highest BCUT2D eigenvalue weighted by atomic mass is 32.2. The zero-order valence-electron chi connectivity index (χ0n) is 17.0. The van der Waals surface area contributed by atoms with Gasteiger partial charge in [0.1, 0.15) is 0 Å². The number of rotatable bonds is 4. The van der Waals surface area contributed by atoms with E-state index >= 15 is 0 Å². The summed E-state index contributed by atoms with van der Waals surface area (Å²) in [5, 5.41) is 8.68. The van der Waals surface area contributed by atoms with Gasteiger partial charge in [0.05, 0.1) is 10.6 Å². The molecule has 0 atom stereocenters. The van der Waals surface area contributed by atoms with Crippen molar-refractivity contribution in [2.24, 2.45) is 0 Å². The van der Waals surface area contributed by atoms with Crippen molar-refractivity contribution in [2.75, 3.05) is 42.5 Å². The number of fused-ring (bicyclic) bond motifs is 1. The van der Waals surface area contributed by atoms with Crippen LogP contribution in [0.1, 0.15) is 36.9 Å². The first-order chi connectivity index (χ1) is 14.4. The van der Waals surface area contributed by atoms with Crippen molar-refractivity contribution in [1.29, 1.82) is 0 Å². The van der Waals surface area contributed by atoms with Crippen LogP contribution in [0, 0.1) is 0 Å². The number of hydrogen-bond acceptors (Lipinski definition) is 6. The van der Waals surface area contributed by atoms with Gasteiger partial charge in [0, 0.05) is 51.3 Å². The molecule has 1 saturated carbocycles. The van der Waals surface area contributed by atoms with Crippen LogP contribution in [-0.4, -0.2) is 61.6 Å². The predicted molar refractivity (Wildman–Crippen MR) is 113 cm³/mol. The van der Waals surface area contributed by atoms with Gasteiger partial charge >= 0.3 is 0 Å². The summed E-state index contributed by atoms with van der Waals surface area (Å²) < 4.78 is 27.9. The van der Waals surface area contributed by atoms with E-state index in [9.17, 15) is 13.2 Å². The maximum atomic E-state index is 13.2. The Morgan fingerprint density at radius 1 is 1.00 bits per heavy atom. The van der Waals surface area contributed by atoms with Crippen LogP contribution < -0.4 is 9.80 Å². The second-order valence-corrected chi connectivity index (χ2v) is 10.1. The molecule has 3 heterocycles. The molecule has 1 aromatic heterocycles. The molecule has 2 aromatic rings. The number of hydrogen-bond donors (Lipinski definition) is 0. The van der Waals surface area contributed by atoms with Crippen molar-refractivity contribution < 1.29 is 13.2 Å². The Morgan fingerprint density at radius 3 is 2.40 bits per heavy atom. The first-order valence-electron chi connectivity index (χ1n) is 10.4. The number of anilines is 2. The lowest BCUT2D eigenvalue weighted by Gasteiger charge is -2.34. The van der Waals surface area contributed by atoms with Crippen molar-refractivity contribution in [1.82, 2.24) is 14.5 Å². The van der Waals surface area contributed by atoms with E-state index in [1.807, 2.05) is 12.1 Å². The monoisotopic (exact) mass is 427 g/mol. The zero-order valence-corrected chi connectivity index (χ0v) is 17.8. The quantitative estimate of drug-likeness (QED) is 0.739. The number of amides is 1. The molecule has 1 saturated heterocycles. The normalized spacial score (nSPS) is 19.8. The molecule has 2 fully saturated rings. The molecule has 0 unspecified atom stereocenters. The van der Waals surface area contributed by atoms with Crippen LogP contribution in [0.3, 0.4) is 0 Å². The van der Waals surface area contributed by atoms with E-state index in [1.165, 1.54) is 24.1 Å². The molecule has 2 aliphatic heterocycles. The van der Waals surface area contributed by atoms with Crippen LogP contribution in [0.5, 0.6) is 0 Å². The SMILES string of the molecule is CC(=O)N1CCc2cc(S(=O)(=O)N3CCN(c4ccc(C5CC5)nn4)CC3)ccc21. The molecule has 0 spiro atoms. The van der Waals surface area contributed by atoms with Crippen LogP contribution in [-0.2, 0) is 21.2 Å². The fourth-order valence-corrected chi connectivity index (χ4v) is 5.75. The minimum Gasteiger partial charge on any atom is -0.352 e. The largest absolute Gasteiger partial charge is 0.352 e. The fourth-order valence-electron chi connectivity index (χ4n) is 4.27. The lowest BCUT2D eigenvalue weighted by Crippen LogP contribution is -2.49. The van der Waals surface area contributed by atoms with Crippen LogP contribution in [0.2, 0.25) is 0 Å². The molecule has 0 N–H and O–H groups in total. The van der Waals surface area contributed by atoms with E-state index in [0.717, 1.165) is 22.8 Å². The minimum absolute atomic E-state index is 0.0197. The molecule has 1 amide bonds. The Labute approximate surface area is 176 Å². The molecule has 1 aromatic carbocycles. The minimum atomic E-state index is -3.57. The van der Waals surface area contributed by atoms with Gasteiger partial charge in [-0.05, 0) is 55.2 Å². The van der Waals surface area contributed by atoms with Gasteiger partial charge in [-0.3, -0.25) is 4.79 Å². The van der Waals surface area contributed by atoms with Crippen molar-refractivity contribution in [3.8, 4) is 0 Å². The average molecular weight is 428 g/mol. The van der Waals surface area contributed by atoms with Crippen molar-refractivity contribution in [3.63, 3.8) is 0 Å². The molecular weight excluding hydrogens is 402 g/mol. The molecular formula is C21H25N5O3S. The lowest BCUT2D eigenvalue weighted by molar-refractivity contribution is -0.116. The molecule has 9 heteroatoms. The van der Waals surface area contributed by atoms with Gasteiger partial charge in [-0.25, -0.2) is 8.42 Å². The maximum absolute atomic E-state index is 13.2. The van der Waals surface area contributed by atoms with Crippen molar-refractivity contribution in [2.45, 2.75) is 37.0 Å². The Hall–Kier alpha value is -2.52. The third-order valence-corrected chi connectivity index (χ3v) is 8.09. The van der Waals surface area contributed by atoms with Gasteiger partial charge in [0.2, 0.25) is 15.9 Å². The second-order valence-electron chi connectivity index (χ2n) is 8.19. The summed E-state index contributed by atoms with van der Waals surface area (Å²) in [5.74, 6) is 1.36. The number of piperazine rings is 1. The highest BCUT2D eigenvalue weighted by Gasteiger charge is 2.31. The predicted octanol–water partition coefficient (Wildman–Crippen LogP) is 1.77. The number of aromatic nitrogens is 2. The van der Waals surface area contributed by atoms with Crippen molar-refractivity contribution >= 4 is 27.4 Å². The molecule has 3 aliphatic rings. The van der Waals surface area contributed by atoms with Gasteiger partial charge < -0.3 is 9.80 Å². The van der Waals surface area contributed by atoms with E-state index in [-0.39, 0.29) is 5.91 Å². The van der Waals surface area contributed by atoms with E-state index in [4.69, 9.17) is 0 Å². The topological polar surface area (TPSA) is 86.7 Å². The summed E-state index contributed by atoms with van der Waals surface area (Å²) in [6.07, 6.45) is 3.07. The summed E-state index contributed by atoms with van der Waals surface area (Å²) >= 11 is 0. The molecule has 8 nitrogen and oxygen atoms in total. The van der Waals surface area contributed by atoms with Gasteiger partial charge in [0.15, 0.2) is 5.82 Å². The maximum Gasteiger partial charge on any atom is 0.243 e. The first-order valence-corrected chi connectivity index (χ1v) is 11.9. The Morgan fingerprint density at radius 2 is 1.77 bits per heavy atom. The zero-order chi connectivity index (χ0) is 20.9. The molecule has 5 rings (SSSR count). The highest BCUT2D eigenvalue weighted by Crippen LogP contribution is 2.38. The van der Waals surface area contributed by atoms with Crippen LogP contribution in [0.15, 0.2) is 35.2 Å². The average Bonchev–Trinajstić information content (AvgIpc) is 3.52. The number of benzene rings is 1. The standard InChI is InChI=1S/C21H25N5O3S/c1-15(27)26-9-8-17-14-18(4-6-20(17)26)30(28,29)25-12-10-24(11-13-25)21-7-5-19(22-23-21)16-2-3-16/h4-7,14,16H,2-3,8-13H2,1H3. The lowest BCUT2D eigenvalue weighted by atomic mass is 10.2. The Bertz CT molecular complexity index is 1070. The van der Waals surface area contributed by atoms with E-state index in [2.05, 4.69) is 15.1 Å². The number of sulfonamides is 1. The second kappa shape index (κ2) is 7.31. The summed E-state index contributed by atoms with van der Waals surface area (Å²) in [5.41, 5.74) is 2.79. The van der Waals surface area contributed by atoms with E-state index < -0.39 is 10.0 Å². The fraction of sp³-hybridized carbons (Fsp3) is 0.476. The van der Waals surface area contributed by atoms with Gasteiger partial charge in [-0.2, -0.15) is 9.40 Å². The Kier molecular flexibility index (Phi) is 4.74. The van der Waals surface area contributed by atoms with Gasteiger partial charge in [-0.1, -0.05) is 0 Å². The first kappa shape index (κ1) is 19.4. The molecule has 0 radical (unpaired) electrons. The summed E-state index contributed by atoms with van der Waals surface area (Å²) in [6.45, 7) is 4.12. The number of nitrogens with zero attached hydrogens (tertiary/aromatic N) is 5. The number of carbonyl (C=O) groups is 1. The molecule has 0 bridgehead atoms. The van der Waals surface area contributed by atoms with E-state index in [1.54, 1.807) is 23.1 Å². The van der Waals surface area contributed by atoms with Crippen LogP contribution >= 0.6 is 0 Å². The molecule has 158 valence electrons. The van der Waals surface area contributed by atoms with Gasteiger partial charge in [0.25, 0.3) is 0 Å². The van der Waals surface area contributed by atoms with Crippen LogP contribution in [0.25, 0.3) is 0 Å². The summed E-state index contributed by atoms with van der Waals surface area (Å²) in [6, 6.07) is 9.12. The van der Waals surface area contributed by atoms with Crippen LogP contribution in [0.4, 0.5) is 11.5 Å². The van der Waals surface area contributed by atoms with Crippen molar-refractivity contribution in [3.05, 3.63) is 41.6 Å². The molecule has 1 aliphatic carbocycles. The number of carbonyl (C=O) groups excluding carboxylic acids is 1. The Balaban J connectivity index is 1.28. The van der Waals surface area contributed by atoms with E-state index in [0.29, 0.717) is 50.0 Å². The highest BCUT2D eigenvalue weighted by molar-refractivity contribution is 7.89. The third-order valence-electron chi connectivity index (χ3n) is 6.19.